The quantitative estimate of drug-likeness (QED) is 0.751. The van der Waals surface area contributed by atoms with E-state index in [1.54, 1.807) is 0 Å². The van der Waals surface area contributed by atoms with Gasteiger partial charge in [0.2, 0.25) is 0 Å². The van der Waals surface area contributed by atoms with Gasteiger partial charge in [0.05, 0.1) is 0 Å². The van der Waals surface area contributed by atoms with Crippen LogP contribution in [0.25, 0.3) is 0 Å². The molecular weight excluding hydrogens is 224 g/mol. The molecule has 2 heteroatoms. The predicted octanol–water partition coefficient (Wildman–Crippen LogP) is 4.22. The van der Waals surface area contributed by atoms with Gasteiger partial charge >= 0.3 is 0 Å². The van der Waals surface area contributed by atoms with Crippen molar-refractivity contribution in [3.05, 3.63) is 58.7 Å². The topological polar surface area (TPSA) is 26.3 Å². The molecular formula is C16H16O2. The smallest absolute Gasteiger partial charge is 0.150 e. The van der Waals surface area contributed by atoms with Crippen LogP contribution >= 0.6 is 0 Å². The van der Waals surface area contributed by atoms with Crippen molar-refractivity contribution in [1.29, 1.82) is 0 Å². The summed E-state index contributed by atoms with van der Waals surface area (Å²) in [5, 5.41) is 0. The standard InChI is InChI=1S/C16H16O2/c1-11-6-4-5-7-15(11)18-16-12(2)8-14(10-17)9-13(16)3/h4-10H,1-3H3. The SMILES string of the molecule is Cc1ccccc1Oc1c(C)cc(C=O)cc1C. The number of aldehydes is 1. The molecule has 18 heavy (non-hydrogen) atoms. The van der Waals surface area contributed by atoms with E-state index in [1.807, 2.05) is 57.2 Å². The monoisotopic (exact) mass is 240 g/mol. The number of rotatable bonds is 3. The molecule has 0 N–H and O–H groups in total. The minimum atomic E-state index is 0.683. The summed E-state index contributed by atoms with van der Waals surface area (Å²) in [6.45, 7) is 5.92. The van der Waals surface area contributed by atoms with Crippen LogP contribution in [-0.4, -0.2) is 6.29 Å². The molecule has 0 fully saturated rings. The second-order valence-electron chi connectivity index (χ2n) is 4.47. The van der Waals surface area contributed by atoms with Crippen molar-refractivity contribution < 1.29 is 9.53 Å². The Morgan fingerprint density at radius 2 is 1.56 bits per heavy atom. The Kier molecular flexibility index (Phi) is 3.47. The van der Waals surface area contributed by atoms with Crippen molar-refractivity contribution >= 4 is 6.29 Å². The van der Waals surface area contributed by atoms with Gasteiger partial charge in [-0.1, -0.05) is 18.2 Å². The first-order valence-electron chi connectivity index (χ1n) is 5.91. The molecule has 0 aliphatic heterocycles. The summed E-state index contributed by atoms with van der Waals surface area (Å²) in [5.41, 5.74) is 3.72. The van der Waals surface area contributed by atoms with E-state index < -0.39 is 0 Å². The minimum Gasteiger partial charge on any atom is -0.457 e. The Hall–Kier alpha value is -2.09. The molecule has 0 heterocycles. The van der Waals surface area contributed by atoms with Gasteiger partial charge in [0, 0.05) is 5.56 Å². The van der Waals surface area contributed by atoms with Crippen molar-refractivity contribution in [3.8, 4) is 11.5 Å². The Morgan fingerprint density at radius 1 is 0.944 bits per heavy atom. The summed E-state index contributed by atoms with van der Waals surface area (Å²) in [6.07, 6.45) is 0.859. The lowest BCUT2D eigenvalue weighted by Crippen LogP contribution is -1.94. The Bertz CT molecular complexity index is 562. The highest BCUT2D eigenvalue weighted by molar-refractivity contribution is 5.76. The average Bonchev–Trinajstić information content (AvgIpc) is 2.35. The number of ether oxygens (including phenoxy) is 1. The zero-order valence-corrected chi connectivity index (χ0v) is 10.9. The van der Waals surface area contributed by atoms with E-state index >= 15 is 0 Å². The van der Waals surface area contributed by atoms with E-state index in [2.05, 4.69) is 0 Å². The first-order valence-corrected chi connectivity index (χ1v) is 5.91. The molecule has 0 radical (unpaired) electrons. The fraction of sp³-hybridized carbons (Fsp3) is 0.188. The zero-order valence-electron chi connectivity index (χ0n) is 10.9. The van der Waals surface area contributed by atoms with Gasteiger partial charge in [0.25, 0.3) is 0 Å². The van der Waals surface area contributed by atoms with Crippen LogP contribution in [0.15, 0.2) is 36.4 Å². The Labute approximate surface area is 107 Å². The van der Waals surface area contributed by atoms with Crippen LogP contribution in [-0.2, 0) is 0 Å². The molecule has 0 saturated carbocycles. The van der Waals surface area contributed by atoms with Crippen molar-refractivity contribution in [2.75, 3.05) is 0 Å². The normalized spacial score (nSPS) is 10.2. The van der Waals surface area contributed by atoms with Gasteiger partial charge in [-0.05, 0) is 55.7 Å². The maximum atomic E-state index is 10.8. The molecule has 2 nitrogen and oxygen atoms in total. The third kappa shape index (κ3) is 2.43. The van der Waals surface area contributed by atoms with E-state index in [0.717, 1.165) is 34.5 Å². The number of carbonyl (C=O) groups is 1. The first-order chi connectivity index (χ1) is 8.61. The third-order valence-corrected chi connectivity index (χ3v) is 2.92. The van der Waals surface area contributed by atoms with Gasteiger partial charge in [-0.25, -0.2) is 0 Å². The second-order valence-corrected chi connectivity index (χ2v) is 4.47. The lowest BCUT2D eigenvalue weighted by molar-refractivity contribution is 0.112. The fourth-order valence-electron chi connectivity index (χ4n) is 1.99. The lowest BCUT2D eigenvalue weighted by atomic mass is 10.1. The highest BCUT2D eigenvalue weighted by Gasteiger charge is 2.08. The van der Waals surface area contributed by atoms with E-state index in [1.165, 1.54) is 0 Å². The van der Waals surface area contributed by atoms with Crippen LogP contribution in [0.5, 0.6) is 11.5 Å². The molecule has 0 bridgehead atoms. The molecule has 0 atom stereocenters. The molecule has 92 valence electrons. The summed E-state index contributed by atoms with van der Waals surface area (Å²) in [5.74, 6) is 1.68. The van der Waals surface area contributed by atoms with E-state index in [-0.39, 0.29) is 0 Å². The number of hydrogen-bond donors (Lipinski definition) is 0. The van der Waals surface area contributed by atoms with Gasteiger partial charge in [0.15, 0.2) is 0 Å². The Morgan fingerprint density at radius 3 is 2.11 bits per heavy atom. The molecule has 0 saturated heterocycles. The number of benzene rings is 2. The van der Waals surface area contributed by atoms with Gasteiger partial charge in [-0.15, -0.1) is 0 Å². The van der Waals surface area contributed by atoms with Crippen molar-refractivity contribution in [2.45, 2.75) is 20.8 Å². The summed E-state index contributed by atoms with van der Waals surface area (Å²) < 4.78 is 5.95. The summed E-state index contributed by atoms with van der Waals surface area (Å²) in [6, 6.07) is 11.6. The zero-order chi connectivity index (χ0) is 13.1. The number of para-hydroxylation sites is 1. The molecule has 2 aromatic carbocycles. The highest BCUT2D eigenvalue weighted by atomic mass is 16.5. The Balaban J connectivity index is 2.41. The van der Waals surface area contributed by atoms with E-state index in [0.29, 0.717) is 5.56 Å². The predicted molar refractivity (Wildman–Crippen MR) is 72.6 cm³/mol. The van der Waals surface area contributed by atoms with Crippen molar-refractivity contribution in [3.63, 3.8) is 0 Å². The largest absolute Gasteiger partial charge is 0.457 e. The van der Waals surface area contributed by atoms with Gasteiger partial charge in [-0.3, -0.25) is 4.79 Å². The first kappa shape index (κ1) is 12.4. The summed E-state index contributed by atoms with van der Waals surface area (Å²) in [7, 11) is 0. The van der Waals surface area contributed by atoms with Crippen LogP contribution in [0, 0.1) is 20.8 Å². The number of carbonyl (C=O) groups excluding carboxylic acids is 1. The van der Waals surface area contributed by atoms with Crippen LogP contribution in [0.3, 0.4) is 0 Å². The molecule has 2 rings (SSSR count). The van der Waals surface area contributed by atoms with Gasteiger partial charge in [0.1, 0.15) is 17.8 Å². The van der Waals surface area contributed by atoms with E-state index in [4.69, 9.17) is 4.74 Å². The van der Waals surface area contributed by atoms with Gasteiger partial charge < -0.3 is 4.74 Å². The highest BCUT2D eigenvalue weighted by Crippen LogP contribution is 2.31. The van der Waals surface area contributed by atoms with Crippen molar-refractivity contribution in [2.24, 2.45) is 0 Å². The van der Waals surface area contributed by atoms with Crippen LogP contribution < -0.4 is 4.74 Å². The summed E-state index contributed by atoms with van der Waals surface area (Å²) in [4.78, 5) is 10.8. The molecule has 0 aliphatic rings. The molecule has 0 spiro atoms. The average molecular weight is 240 g/mol. The second kappa shape index (κ2) is 5.05. The van der Waals surface area contributed by atoms with Crippen LogP contribution in [0.4, 0.5) is 0 Å². The van der Waals surface area contributed by atoms with Gasteiger partial charge in [-0.2, -0.15) is 0 Å². The van der Waals surface area contributed by atoms with Crippen LogP contribution in [0.2, 0.25) is 0 Å². The number of hydrogen-bond acceptors (Lipinski definition) is 2. The summed E-state index contributed by atoms with van der Waals surface area (Å²) >= 11 is 0. The fourth-order valence-corrected chi connectivity index (χ4v) is 1.99. The van der Waals surface area contributed by atoms with E-state index in [9.17, 15) is 4.79 Å². The molecule has 0 amide bonds. The lowest BCUT2D eigenvalue weighted by Gasteiger charge is -2.14. The molecule has 2 aromatic rings. The van der Waals surface area contributed by atoms with Crippen molar-refractivity contribution in [1.82, 2.24) is 0 Å². The minimum absolute atomic E-state index is 0.683. The maximum absolute atomic E-state index is 10.8. The molecule has 0 unspecified atom stereocenters. The maximum Gasteiger partial charge on any atom is 0.150 e. The number of aryl methyl sites for hydroxylation is 3. The third-order valence-electron chi connectivity index (χ3n) is 2.92. The van der Waals surface area contributed by atoms with Crippen LogP contribution in [0.1, 0.15) is 27.0 Å². The molecule has 0 aromatic heterocycles. The molecule has 0 aliphatic carbocycles.